The van der Waals surface area contributed by atoms with Crippen LogP contribution in [0.2, 0.25) is 0 Å². The van der Waals surface area contributed by atoms with Crippen LogP contribution in [0.5, 0.6) is 0 Å². The minimum Gasteiger partial charge on any atom is -0.265 e. The summed E-state index contributed by atoms with van der Waals surface area (Å²) in [4.78, 5) is 4.06. The first-order valence-electron chi connectivity index (χ1n) is 9.84. The quantitative estimate of drug-likeness (QED) is 0.483. The Morgan fingerprint density at radius 3 is 2.39 bits per heavy atom. The van der Waals surface area contributed by atoms with Crippen molar-refractivity contribution >= 4 is 6.08 Å². The monoisotopic (exact) mass is 313 g/mol. The number of nitrogens with zero attached hydrogens (tertiary/aromatic N) is 1. The summed E-state index contributed by atoms with van der Waals surface area (Å²) in [6.07, 6.45) is 22.6. The van der Waals surface area contributed by atoms with Crippen molar-refractivity contribution in [2.45, 2.75) is 78.1 Å². The van der Waals surface area contributed by atoms with Gasteiger partial charge in [0.2, 0.25) is 0 Å². The average molecular weight is 314 g/mol. The Hall–Kier alpha value is -1.11. The smallest absolute Gasteiger partial charge is 0.0273 e. The van der Waals surface area contributed by atoms with Gasteiger partial charge in [-0.2, -0.15) is 0 Å². The van der Waals surface area contributed by atoms with Gasteiger partial charge in [-0.05, 0) is 41.9 Å². The van der Waals surface area contributed by atoms with Crippen LogP contribution in [0.15, 0.2) is 30.6 Å². The maximum atomic E-state index is 4.06. The van der Waals surface area contributed by atoms with Gasteiger partial charge in [0.25, 0.3) is 0 Å². The number of aromatic nitrogens is 1. The summed E-state index contributed by atoms with van der Waals surface area (Å²) in [5.41, 5.74) is 1.26. The molecule has 0 bridgehead atoms. The molecule has 1 unspecified atom stereocenters. The van der Waals surface area contributed by atoms with E-state index in [1.165, 1.54) is 69.8 Å². The van der Waals surface area contributed by atoms with Crippen LogP contribution in [0, 0.1) is 17.8 Å². The fraction of sp³-hybridized carbons (Fsp3) is 0.682. The van der Waals surface area contributed by atoms with E-state index in [2.05, 4.69) is 43.1 Å². The highest BCUT2D eigenvalue weighted by Crippen LogP contribution is 2.35. The topological polar surface area (TPSA) is 12.9 Å². The normalized spacial score (nSPS) is 23.2. The highest BCUT2D eigenvalue weighted by Gasteiger charge is 2.20. The molecule has 1 aliphatic carbocycles. The highest BCUT2D eigenvalue weighted by molar-refractivity contribution is 5.47. The number of allylic oxidation sites excluding steroid dienone is 1. The van der Waals surface area contributed by atoms with Crippen molar-refractivity contribution in [3.05, 3.63) is 36.2 Å². The van der Waals surface area contributed by atoms with Gasteiger partial charge in [-0.3, -0.25) is 4.98 Å². The molecule has 1 nitrogen and oxygen atoms in total. The first kappa shape index (κ1) is 18.2. The van der Waals surface area contributed by atoms with E-state index in [9.17, 15) is 0 Å². The third-order valence-corrected chi connectivity index (χ3v) is 5.55. The van der Waals surface area contributed by atoms with Crippen LogP contribution < -0.4 is 0 Å². The Balaban J connectivity index is 1.58. The lowest BCUT2D eigenvalue weighted by Gasteiger charge is -2.29. The fourth-order valence-electron chi connectivity index (χ4n) is 3.85. The second-order valence-electron chi connectivity index (χ2n) is 7.63. The minimum absolute atomic E-state index is 0.811. The van der Waals surface area contributed by atoms with Gasteiger partial charge in [-0.1, -0.05) is 83.8 Å². The van der Waals surface area contributed by atoms with Gasteiger partial charge in [-0.25, -0.2) is 0 Å². The number of rotatable bonds is 9. The molecule has 0 radical (unpaired) electrons. The number of pyridine rings is 1. The zero-order valence-corrected chi connectivity index (χ0v) is 15.2. The molecule has 0 saturated heterocycles. The van der Waals surface area contributed by atoms with Gasteiger partial charge in [0.05, 0.1) is 0 Å². The first-order chi connectivity index (χ1) is 11.3. The van der Waals surface area contributed by atoms with E-state index >= 15 is 0 Å². The van der Waals surface area contributed by atoms with Gasteiger partial charge in [0.1, 0.15) is 0 Å². The second-order valence-corrected chi connectivity index (χ2v) is 7.63. The second kappa shape index (κ2) is 10.6. The van der Waals surface area contributed by atoms with Gasteiger partial charge < -0.3 is 0 Å². The lowest BCUT2D eigenvalue weighted by molar-refractivity contribution is 0.239. The van der Waals surface area contributed by atoms with Gasteiger partial charge in [0.15, 0.2) is 0 Å². The lowest BCUT2D eigenvalue weighted by Crippen LogP contribution is -2.15. The average Bonchev–Trinajstić information content (AvgIpc) is 2.60. The number of hydrogen-bond donors (Lipinski definition) is 0. The van der Waals surface area contributed by atoms with Crippen LogP contribution in [-0.4, -0.2) is 4.98 Å². The highest BCUT2D eigenvalue weighted by atomic mass is 14.6. The lowest BCUT2D eigenvalue weighted by atomic mass is 9.77. The van der Waals surface area contributed by atoms with Crippen molar-refractivity contribution < 1.29 is 0 Å². The van der Waals surface area contributed by atoms with Crippen LogP contribution in [0.4, 0.5) is 0 Å². The molecule has 0 N–H and O–H groups in total. The summed E-state index contributed by atoms with van der Waals surface area (Å²) < 4.78 is 0. The molecule has 1 aromatic rings. The molecule has 0 aliphatic heterocycles. The molecule has 1 saturated carbocycles. The Kier molecular flexibility index (Phi) is 8.42. The Morgan fingerprint density at radius 1 is 1.09 bits per heavy atom. The summed E-state index contributed by atoms with van der Waals surface area (Å²) in [6.45, 7) is 4.72. The standard InChI is InChI=1S/C22H35N/c1-3-4-7-20-11-13-22(14-12-20)10-9-19(2)6-5-8-21-15-17-23-18-16-21/h5,8,15-20,22H,3-4,6-7,9-14H2,1-2H3/b8-5+. The SMILES string of the molecule is CCCCC1CCC(CCC(C)C/C=C/c2ccncc2)CC1. The molecule has 1 heterocycles. The zero-order chi connectivity index (χ0) is 16.3. The molecule has 1 aromatic heterocycles. The molecule has 2 rings (SSSR count). The van der Waals surface area contributed by atoms with E-state index in [-0.39, 0.29) is 0 Å². The van der Waals surface area contributed by atoms with Crippen LogP contribution in [-0.2, 0) is 0 Å². The van der Waals surface area contributed by atoms with E-state index < -0.39 is 0 Å². The van der Waals surface area contributed by atoms with E-state index in [4.69, 9.17) is 0 Å². The summed E-state index contributed by atoms with van der Waals surface area (Å²) in [6, 6.07) is 4.14. The van der Waals surface area contributed by atoms with Crippen LogP contribution in [0.1, 0.15) is 83.6 Å². The number of hydrogen-bond acceptors (Lipinski definition) is 1. The molecular weight excluding hydrogens is 278 g/mol. The Labute approximate surface area is 143 Å². The molecular formula is C22H35N. The van der Waals surface area contributed by atoms with Crippen LogP contribution >= 0.6 is 0 Å². The summed E-state index contributed by atoms with van der Waals surface area (Å²) in [5.74, 6) is 2.87. The van der Waals surface area contributed by atoms with E-state index in [1.807, 2.05) is 12.4 Å². The van der Waals surface area contributed by atoms with Crippen molar-refractivity contribution in [3.63, 3.8) is 0 Å². The Bertz CT molecular complexity index is 429. The van der Waals surface area contributed by atoms with Crippen LogP contribution in [0.3, 0.4) is 0 Å². The third kappa shape index (κ3) is 7.33. The predicted molar refractivity (Wildman–Crippen MR) is 101 cm³/mol. The molecule has 1 aliphatic rings. The molecule has 0 aromatic carbocycles. The van der Waals surface area contributed by atoms with Crippen molar-refractivity contribution in [1.82, 2.24) is 4.98 Å². The van der Waals surface area contributed by atoms with E-state index in [0.717, 1.165) is 17.8 Å². The van der Waals surface area contributed by atoms with Crippen molar-refractivity contribution in [2.24, 2.45) is 17.8 Å². The molecule has 128 valence electrons. The molecule has 1 heteroatoms. The third-order valence-electron chi connectivity index (χ3n) is 5.55. The summed E-state index contributed by atoms with van der Waals surface area (Å²) >= 11 is 0. The van der Waals surface area contributed by atoms with Crippen molar-refractivity contribution in [1.29, 1.82) is 0 Å². The van der Waals surface area contributed by atoms with Crippen LogP contribution in [0.25, 0.3) is 6.08 Å². The molecule has 1 fully saturated rings. The maximum Gasteiger partial charge on any atom is 0.0273 e. The fourth-order valence-corrected chi connectivity index (χ4v) is 3.85. The summed E-state index contributed by atoms with van der Waals surface area (Å²) in [5, 5.41) is 0. The molecule has 23 heavy (non-hydrogen) atoms. The van der Waals surface area contributed by atoms with Gasteiger partial charge >= 0.3 is 0 Å². The minimum atomic E-state index is 0.811. The molecule has 0 amide bonds. The maximum absolute atomic E-state index is 4.06. The first-order valence-corrected chi connectivity index (χ1v) is 9.84. The molecule has 0 spiro atoms. The van der Waals surface area contributed by atoms with E-state index in [0.29, 0.717) is 0 Å². The number of unbranched alkanes of at least 4 members (excludes halogenated alkanes) is 1. The largest absolute Gasteiger partial charge is 0.265 e. The van der Waals surface area contributed by atoms with Crippen molar-refractivity contribution in [2.75, 3.05) is 0 Å². The van der Waals surface area contributed by atoms with Crippen molar-refractivity contribution in [3.8, 4) is 0 Å². The van der Waals surface area contributed by atoms with E-state index in [1.54, 1.807) is 0 Å². The van der Waals surface area contributed by atoms with Gasteiger partial charge in [0, 0.05) is 12.4 Å². The predicted octanol–water partition coefficient (Wildman–Crippen LogP) is 6.90. The summed E-state index contributed by atoms with van der Waals surface area (Å²) in [7, 11) is 0. The Morgan fingerprint density at radius 2 is 1.74 bits per heavy atom. The van der Waals surface area contributed by atoms with Gasteiger partial charge in [-0.15, -0.1) is 0 Å². The zero-order valence-electron chi connectivity index (χ0n) is 15.2. The molecule has 1 atom stereocenters.